The van der Waals surface area contributed by atoms with Gasteiger partial charge in [-0.1, -0.05) is 18.2 Å². The molecule has 20 heavy (non-hydrogen) atoms. The number of ether oxygens (including phenoxy) is 1. The lowest BCUT2D eigenvalue weighted by Crippen LogP contribution is -2.35. The van der Waals surface area contributed by atoms with Gasteiger partial charge in [-0.05, 0) is 11.6 Å². The number of benzene rings is 1. The van der Waals surface area contributed by atoms with Gasteiger partial charge in [-0.3, -0.25) is 9.88 Å². The molecule has 1 aliphatic heterocycles. The lowest BCUT2D eigenvalue weighted by atomic mass is 10.1. The Morgan fingerprint density at radius 1 is 1.20 bits per heavy atom. The largest absolute Gasteiger partial charge is 0.382 e. The van der Waals surface area contributed by atoms with Crippen LogP contribution in [0, 0.1) is 0 Å². The molecule has 1 saturated heterocycles. The third-order valence-electron chi connectivity index (χ3n) is 3.39. The maximum Gasteiger partial charge on any atom is 0.142 e. The molecule has 0 radical (unpaired) electrons. The van der Waals surface area contributed by atoms with E-state index in [9.17, 15) is 0 Å². The van der Waals surface area contributed by atoms with Crippen molar-refractivity contribution in [1.82, 2.24) is 14.9 Å². The van der Waals surface area contributed by atoms with Crippen LogP contribution in [0.4, 0.5) is 5.82 Å². The minimum Gasteiger partial charge on any atom is -0.382 e. The second-order valence-corrected chi connectivity index (χ2v) is 4.92. The van der Waals surface area contributed by atoms with Gasteiger partial charge in [-0.2, -0.15) is 0 Å². The minimum absolute atomic E-state index is 0.445. The normalized spacial score (nSPS) is 16.2. The Bertz CT molecular complexity index is 582. The van der Waals surface area contributed by atoms with Crippen LogP contribution >= 0.6 is 0 Å². The van der Waals surface area contributed by atoms with E-state index in [1.165, 1.54) is 5.56 Å². The van der Waals surface area contributed by atoms with Crippen molar-refractivity contribution >= 4 is 5.82 Å². The van der Waals surface area contributed by atoms with E-state index in [4.69, 9.17) is 10.5 Å². The number of nitrogen functional groups attached to an aromatic ring is 1. The average Bonchev–Trinajstić information content (AvgIpc) is 2.49. The summed E-state index contributed by atoms with van der Waals surface area (Å²) in [6.07, 6.45) is 3.30. The van der Waals surface area contributed by atoms with Crippen molar-refractivity contribution in [2.75, 3.05) is 32.0 Å². The summed E-state index contributed by atoms with van der Waals surface area (Å²) in [5.74, 6) is 0.445. The van der Waals surface area contributed by atoms with E-state index in [0.29, 0.717) is 5.82 Å². The van der Waals surface area contributed by atoms with Crippen LogP contribution in [0.15, 0.2) is 36.7 Å². The molecular weight excluding hydrogens is 252 g/mol. The van der Waals surface area contributed by atoms with Crippen molar-refractivity contribution in [2.24, 2.45) is 0 Å². The molecule has 104 valence electrons. The summed E-state index contributed by atoms with van der Waals surface area (Å²) in [5, 5.41) is 0. The quantitative estimate of drug-likeness (QED) is 0.917. The predicted octanol–water partition coefficient (Wildman–Crippen LogP) is 1.56. The first-order chi connectivity index (χ1) is 9.81. The molecule has 2 N–H and O–H groups in total. The maximum absolute atomic E-state index is 5.69. The van der Waals surface area contributed by atoms with E-state index >= 15 is 0 Å². The van der Waals surface area contributed by atoms with Crippen LogP contribution in [0.3, 0.4) is 0 Å². The summed E-state index contributed by atoms with van der Waals surface area (Å²) in [5.41, 5.74) is 8.82. The van der Waals surface area contributed by atoms with Gasteiger partial charge < -0.3 is 10.5 Å². The monoisotopic (exact) mass is 270 g/mol. The molecule has 0 saturated carbocycles. The van der Waals surface area contributed by atoms with Gasteiger partial charge in [-0.25, -0.2) is 4.98 Å². The summed E-state index contributed by atoms with van der Waals surface area (Å²) in [7, 11) is 0. The van der Waals surface area contributed by atoms with Crippen molar-refractivity contribution in [2.45, 2.75) is 6.54 Å². The second-order valence-electron chi connectivity index (χ2n) is 4.92. The van der Waals surface area contributed by atoms with E-state index < -0.39 is 0 Å². The molecule has 0 spiro atoms. The van der Waals surface area contributed by atoms with Gasteiger partial charge in [0.2, 0.25) is 0 Å². The Morgan fingerprint density at radius 3 is 2.85 bits per heavy atom. The highest BCUT2D eigenvalue weighted by atomic mass is 16.5. The van der Waals surface area contributed by atoms with Gasteiger partial charge in [0.1, 0.15) is 5.82 Å². The first-order valence-electron chi connectivity index (χ1n) is 6.78. The van der Waals surface area contributed by atoms with Gasteiger partial charge in [-0.15, -0.1) is 0 Å². The third-order valence-corrected chi connectivity index (χ3v) is 3.39. The number of aromatic nitrogens is 2. The average molecular weight is 270 g/mol. The predicted molar refractivity (Wildman–Crippen MR) is 78.0 cm³/mol. The van der Waals surface area contributed by atoms with Gasteiger partial charge >= 0.3 is 0 Å². The number of anilines is 1. The van der Waals surface area contributed by atoms with Crippen LogP contribution in [0.1, 0.15) is 5.56 Å². The van der Waals surface area contributed by atoms with Crippen LogP contribution < -0.4 is 5.73 Å². The summed E-state index contributed by atoms with van der Waals surface area (Å²) in [6, 6.07) is 8.37. The highest BCUT2D eigenvalue weighted by molar-refractivity contribution is 5.60. The van der Waals surface area contributed by atoms with Crippen LogP contribution in [-0.4, -0.2) is 41.2 Å². The zero-order valence-corrected chi connectivity index (χ0v) is 11.3. The van der Waals surface area contributed by atoms with Gasteiger partial charge in [0.05, 0.1) is 31.3 Å². The van der Waals surface area contributed by atoms with E-state index in [2.05, 4.69) is 33.1 Å². The second kappa shape index (κ2) is 5.98. The molecule has 0 aliphatic carbocycles. The Balaban J connectivity index is 1.78. The van der Waals surface area contributed by atoms with Crippen molar-refractivity contribution in [3.05, 3.63) is 42.2 Å². The highest BCUT2D eigenvalue weighted by Crippen LogP contribution is 2.19. The molecule has 5 nitrogen and oxygen atoms in total. The standard InChI is InChI=1S/C15H18N4O/c16-15-10-17-9-14(18-15)13-3-1-2-12(8-13)11-19-4-6-20-7-5-19/h1-3,8-10H,4-7,11H2,(H2,16,18). The number of nitrogens with zero attached hydrogens (tertiary/aromatic N) is 3. The van der Waals surface area contributed by atoms with Crippen LogP contribution in [0.2, 0.25) is 0 Å². The summed E-state index contributed by atoms with van der Waals surface area (Å²) in [6.45, 7) is 4.55. The number of rotatable bonds is 3. The van der Waals surface area contributed by atoms with E-state index in [1.54, 1.807) is 12.4 Å². The van der Waals surface area contributed by atoms with E-state index in [-0.39, 0.29) is 0 Å². The molecule has 1 aromatic heterocycles. The topological polar surface area (TPSA) is 64.3 Å². The number of morpholine rings is 1. The molecule has 2 aromatic rings. The van der Waals surface area contributed by atoms with Crippen LogP contribution in [0.25, 0.3) is 11.3 Å². The smallest absolute Gasteiger partial charge is 0.142 e. The maximum atomic E-state index is 5.69. The summed E-state index contributed by atoms with van der Waals surface area (Å²) < 4.78 is 5.37. The van der Waals surface area contributed by atoms with E-state index in [1.807, 2.05) is 6.07 Å². The third kappa shape index (κ3) is 3.12. The molecule has 1 aliphatic rings. The fourth-order valence-corrected chi connectivity index (χ4v) is 2.37. The van der Waals surface area contributed by atoms with Gasteiger partial charge in [0, 0.05) is 25.2 Å². The molecule has 1 fully saturated rings. The number of nitrogens with two attached hydrogens (primary N) is 1. The number of hydrogen-bond donors (Lipinski definition) is 1. The summed E-state index contributed by atoms with van der Waals surface area (Å²) >= 11 is 0. The lowest BCUT2D eigenvalue weighted by molar-refractivity contribution is 0.0342. The Morgan fingerprint density at radius 2 is 2.05 bits per heavy atom. The molecule has 0 unspecified atom stereocenters. The Kier molecular flexibility index (Phi) is 3.90. The van der Waals surface area contributed by atoms with Crippen LogP contribution in [0.5, 0.6) is 0 Å². The first kappa shape index (κ1) is 13.0. The van der Waals surface area contributed by atoms with Crippen molar-refractivity contribution in [1.29, 1.82) is 0 Å². The number of hydrogen-bond acceptors (Lipinski definition) is 5. The fourth-order valence-electron chi connectivity index (χ4n) is 2.37. The molecule has 0 atom stereocenters. The SMILES string of the molecule is Nc1cncc(-c2cccc(CN3CCOCC3)c2)n1. The molecule has 3 rings (SSSR count). The Hall–Kier alpha value is -1.98. The van der Waals surface area contributed by atoms with Crippen molar-refractivity contribution < 1.29 is 4.74 Å². The van der Waals surface area contributed by atoms with Crippen molar-refractivity contribution in [3.63, 3.8) is 0 Å². The zero-order valence-electron chi connectivity index (χ0n) is 11.3. The fraction of sp³-hybridized carbons (Fsp3) is 0.333. The first-order valence-corrected chi connectivity index (χ1v) is 6.78. The molecule has 5 heteroatoms. The summed E-state index contributed by atoms with van der Waals surface area (Å²) in [4.78, 5) is 10.8. The minimum atomic E-state index is 0.445. The Labute approximate surface area is 118 Å². The van der Waals surface area contributed by atoms with E-state index in [0.717, 1.165) is 44.1 Å². The molecule has 0 amide bonds. The lowest BCUT2D eigenvalue weighted by Gasteiger charge is -2.26. The zero-order chi connectivity index (χ0) is 13.8. The van der Waals surface area contributed by atoms with Gasteiger partial charge in [0.15, 0.2) is 0 Å². The van der Waals surface area contributed by atoms with Crippen molar-refractivity contribution in [3.8, 4) is 11.3 Å². The van der Waals surface area contributed by atoms with Gasteiger partial charge in [0.25, 0.3) is 0 Å². The molecule has 0 bridgehead atoms. The molecule has 1 aromatic carbocycles. The molecular formula is C15H18N4O. The highest BCUT2D eigenvalue weighted by Gasteiger charge is 2.11. The van der Waals surface area contributed by atoms with Crippen LogP contribution in [-0.2, 0) is 11.3 Å². The molecule has 2 heterocycles.